The summed E-state index contributed by atoms with van der Waals surface area (Å²) in [6.07, 6.45) is 0.630. The molecule has 0 fully saturated rings. The lowest BCUT2D eigenvalue weighted by molar-refractivity contribution is -0.130. The largest absolute Gasteiger partial charge is 0.299 e. The molecule has 0 aromatic heterocycles. The van der Waals surface area contributed by atoms with Crippen LogP contribution in [0, 0.1) is 5.92 Å². The third kappa shape index (κ3) is 3.81. The Morgan fingerprint density at radius 2 is 1.50 bits per heavy atom. The van der Waals surface area contributed by atoms with Gasteiger partial charge in [-0.05, 0) is 20.3 Å². The second kappa shape index (κ2) is 5.64. The molecule has 0 aliphatic rings. The molecule has 0 N–H and O–H groups in total. The van der Waals surface area contributed by atoms with Crippen LogP contribution in [-0.4, -0.2) is 28.9 Å². The van der Waals surface area contributed by atoms with Crippen molar-refractivity contribution in [2.75, 3.05) is 0 Å². The second-order valence-corrected chi connectivity index (χ2v) is 2.18. The molecule has 58 valence electrons. The van der Waals surface area contributed by atoms with Crippen molar-refractivity contribution in [2.24, 2.45) is 5.92 Å². The van der Waals surface area contributed by atoms with Crippen molar-refractivity contribution in [3.8, 4) is 0 Å². The molecule has 0 heterocycles. The summed E-state index contributed by atoms with van der Waals surface area (Å²) in [5, 5.41) is 0. The summed E-state index contributed by atoms with van der Waals surface area (Å²) >= 11 is 0. The number of hydrogen-bond acceptors (Lipinski definition) is 2. The Bertz CT molecular complexity index is 118. The molecule has 0 saturated carbocycles. The fourth-order valence-corrected chi connectivity index (χ4v) is 0.861. The van der Waals surface area contributed by atoms with E-state index in [0.717, 1.165) is 0 Å². The monoisotopic (exact) mass is 158 g/mol. The van der Waals surface area contributed by atoms with Crippen molar-refractivity contribution >= 4 is 28.9 Å². The van der Waals surface area contributed by atoms with Gasteiger partial charge in [-0.25, -0.2) is 0 Å². The van der Waals surface area contributed by atoms with Gasteiger partial charge >= 0.3 is 0 Å². The van der Waals surface area contributed by atoms with Gasteiger partial charge in [0, 0.05) is 0 Å². The number of ketones is 2. The van der Waals surface area contributed by atoms with E-state index in [4.69, 9.17) is 0 Å². The van der Waals surface area contributed by atoms with Gasteiger partial charge in [-0.2, -0.15) is 0 Å². The lowest BCUT2D eigenvalue weighted by Gasteiger charge is -2.03. The van der Waals surface area contributed by atoms with Crippen LogP contribution in [0.5, 0.6) is 0 Å². The summed E-state index contributed by atoms with van der Waals surface area (Å²) in [6.45, 7) is 4.75. The van der Waals surface area contributed by atoms with Gasteiger partial charge in [0.05, 0.1) is 5.92 Å². The van der Waals surface area contributed by atoms with Crippen LogP contribution < -0.4 is 0 Å². The Hall–Kier alpha value is -0.128. The van der Waals surface area contributed by atoms with Crippen LogP contribution in [0.3, 0.4) is 0 Å². The highest BCUT2D eigenvalue weighted by atomic mass is 27.0. The van der Waals surface area contributed by atoms with E-state index in [0.29, 0.717) is 6.42 Å². The molecule has 0 bridgehead atoms. The number of Topliss-reactive ketones (excluding diaryl/α,β-unsaturated/α-hetero) is 2. The molecule has 0 saturated heterocycles. The van der Waals surface area contributed by atoms with E-state index >= 15 is 0 Å². The van der Waals surface area contributed by atoms with Crippen LogP contribution in [0.2, 0.25) is 0 Å². The Morgan fingerprint density at radius 3 is 1.50 bits per heavy atom. The van der Waals surface area contributed by atoms with E-state index in [-0.39, 0.29) is 34.8 Å². The Kier molecular flexibility index (Phi) is 7.07. The van der Waals surface area contributed by atoms with Crippen molar-refractivity contribution < 1.29 is 9.59 Å². The first-order chi connectivity index (χ1) is 4.09. The van der Waals surface area contributed by atoms with Crippen molar-refractivity contribution in [2.45, 2.75) is 27.2 Å². The third-order valence-corrected chi connectivity index (χ3v) is 1.39. The second-order valence-electron chi connectivity index (χ2n) is 2.18. The molecular formula is C7H15AlO2. The summed E-state index contributed by atoms with van der Waals surface area (Å²) in [5.41, 5.74) is 0. The average Bonchev–Trinajstić information content (AvgIpc) is 1.64. The van der Waals surface area contributed by atoms with Crippen LogP contribution in [0.15, 0.2) is 0 Å². The zero-order chi connectivity index (χ0) is 7.44. The van der Waals surface area contributed by atoms with E-state index in [2.05, 4.69) is 0 Å². The Morgan fingerprint density at radius 1 is 1.20 bits per heavy atom. The number of rotatable bonds is 3. The predicted octanol–water partition coefficient (Wildman–Crippen LogP) is 0.00670. The van der Waals surface area contributed by atoms with Crippen LogP contribution in [0.25, 0.3) is 0 Å². The summed E-state index contributed by atoms with van der Waals surface area (Å²) < 4.78 is 0. The van der Waals surface area contributed by atoms with E-state index < -0.39 is 0 Å². The van der Waals surface area contributed by atoms with Gasteiger partial charge in [-0.15, -0.1) is 0 Å². The highest BCUT2D eigenvalue weighted by Gasteiger charge is 2.15. The van der Waals surface area contributed by atoms with E-state index in [1.54, 1.807) is 0 Å². The molecule has 0 atom stereocenters. The lowest BCUT2D eigenvalue weighted by atomic mass is 9.98. The summed E-state index contributed by atoms with van der Waals surface area (Å²) in [4.78, 5) is 21.2. The van der Waals surface area contributed by atoms with Gasteiger partial charge in [0.15, 0.2) is 17.4 Å². The minimum Gasteiger partial charge on any atom is -0.299 e. The molecule has 0 aliphatic carbocycles. The van der Waals surface area contributed by atoms with Crippen molar-refractivity contribution in [1.82, 2.24) is 0 Å². The Balaban J connectivity index is 0. The van der Waals surface area contributed by atoms with Crippen LogP contribution in [0.1, 0.15) is 27.2 Å². The third-order valence-electron chi connectivity index (χ3n) is 1.39. The predicted molar refractivity (Wildman–Crippen MR) is 45.1 cm³/mol. The van der Waals surface area contributed by atoms with Crippen molar-refractivity contribution in [3.63, 3.8) is 0 Å². The number of carbonyl (C=O) groups excluding carboxylic acids is 2. The standard InChI is InChI=1S/C7H12O2.Al.3H/c1-4-7(5(2)8)6(3)9;;;;/h7H,4H2,1-3H3;;;;. The van der Waals surface area contributed by atoms with Gasteiger partial charge in [-0.3, -0.25) is 9.59 Å². The molecular weight excluding hydrogens is 143 g/mol. The molecule has 0 rings (SSSR count). The van der Waals surface area contributed by atoms with E-state index in [1.807, 2.05) is 6.92 Å². The SMILES string of the molecule is CCC(C(C)=O)C(C)=O.[AlH3]. The minimum absolute atomic E-state index is 0. The van der Waals surface area contributed by atoms with Gasteiger partial charge < -0.3 is 0 Å². The maximum atomic E-state index is 10.6. The van der Waals surface area contributed by atoms with Gasteiger partial charge in [0.2, 0.25) is 0 Å². The summed E-state index contributed by atoms with van der Waals surface area (Å²) in [7, 11) is 0. The van der Waals surface area contributed by atoms with E-state index in [1.165, 1.54) is 13.8 Å². The first-order valence-corrected chi connectivity index (χ1v) is 3.10. The summed E-state index contributed by atoms with van der Waals surface area (Å²) in [5.74, 6) is -0.403. The fourth-order valence-electron chi connectivity index (χ4n) is 0.861. The normalized spacial score (nSPS) is 8.80. The maximum absolute atomic E-state index is 10.6. The molecule has 0 spiro atoms. The van der Waals surface area contributed by atoms with Crippen LogP contribution >= 0.6 is 0 Å². The molecule has 10 heavy (non-hydrogen) atoms. The first-order valence-electron chi connectivity index (χ1n) is 3.10. The number of carbonyl (C=O) groups is 2. The average molecular weight is 158 g/mol. The molecule has 0 radical (unpaired) electrons. The molecule has 0 unspecified atom stereocenters. The number of hydrogen-bond donors (Lipinski definition) is 0. The van der Waals surface area contributed by atoms with E-state index in [9.17, 15) is 9.59 Å². The van der Waals surface area contributed by atoms with Gasteiger partial charge in [-0.1, -0.05) is 6.92 Å². The van der Waals surface area contributed by atoms with Crippen LogP contribution in [-0.2, 0) is 9.59 Å². The summed E-state index contributed by atoms with van der Waals surface area (Å²) in [6, 6.07) is 0. The van der Waals surface area contributed by atoms with Gasteiger partial charge in [0.25, 0.3) is 0 Å². The zero-order valence-electron chi connectivity index (χ0n) is 6.10. The fraction of sp³-hybridized carbons (Fsp3) is 0.714. The zero-order valence-corrected chi connectivity index (χ0v) is 6.10. The highest BCUT2D eigenvalue weighted by molar-refractivity contribution is 6.00. The minimum atomic E-state index is -0.356. The maximum Gasteiger partial charge on any atom is 0.187 e. The topological polar surface area (TPSA) is 34.1 Å². The van der Waals surface area contributed by atoms with Crippen LogP contribution in [0.4, 0.5) is 0 Å². The molecule has 0 aromatic rings. The molecule has 2 nitrogen and oxygen atoms in total. The Labute approximate surface area is 72.1 Å². The smallest absolute Gasteiger partial charge is 0.187 e. The molecule has 0 aromatic carbocycles. The quantitative estimate of drug-likeness (QED) is 0.428. The molecule has 0 aliphatic heterocycles. The first kappa shape index (κ1) is 12.5. The molecule has 3 heteroatoms. The van der Waals surface area contributed by atoms with Gasteiger partial charge in [0.1, 0.15) is 11.6 Å². The molecule has 0 amide bonds. The van der Waals surface area contributed by atoms with Crippen molar-refractivity contribution in [3.05, 3.63) is 0 Å². The lowest BCUT2D eigenvalue weighted by Crippen LogP contribution is -2.17. The highest BCUT2D eigenvalue weighted by Crippen LogP contribution is 2.03. The van der Waals surface area contributed by atoms with Crippen molar-refractivity contribution in [1.29, 1.82) is 0 Å².